The molecule has 0 aliphatic carbocycles. The van der Waals surface area contributed by atoms with Crippen LogP contribution in [0, 0.1) is 0 Å². The van der Waals surface area contributed by atoms with Gasteiger partial charge in [-0.1, -0.05) is 118 Å². The maximum absolute atomic E-state index is 13.3. The Balaban J connectivity index is 0.000000152. The molecule has 15 nitrogen and oxygen atoms in total. The zero-order chi connectivity index (χ0) is 55.0. The van der Waals surface area contributed by atoms with Crippen LogP contribution >= 0.6 is 69.6 Å². The number of benzene rings is 6. The minimum atomic E-state index is -0.379. The number of halogens is 6. The molecule has 0 bridgehead atoms. The molecule has 0 unspecified atom stereocenters. The first-order chi connectivity index (χ1) is 38.5. The van der Waals surface area contributed by atoms with Crippen molar-refractivity contribution in [2.24, 2.45) is 0 Å². The van der Waals surface area contributed by atoms with Gasteiger partial charge in [-0.05, 0) is 77.4 Å². The number of rotatable bonds is 9. The van der Waals surface area contributed by atoms with E-state index in [1.807, 2.05) is 48.7 Å². The van der Waals surface area contributed by atoms with Crippen molar-refractivity contribution in [2.75, 3.05) is 72.0 Å². The van der Waals surface area contributed by atoms with Crippen LogP contribution in [0.25, 0.3) is 22.3 Å². The minimum Gasteiger partial charge on any atom is -0.353 e. The molecule has 6 aromatic carbocycles. The second-order valence-corrected chi connectivity index (χ2v) is 21.0. The van der Waals surface area contributed by atoms with Crippen molar-refractivity contribution in [1.29, 1.82) is 0 Å². The van der Waals surface area contributed by atoms with Gasteiger partial charge in [0.05, 0.1) is 55.2 Å². The van der Waals surface area contributed by atoms with Crippen LogP contribution in [0.1, 0.15) is 27.0 Å². The molecule has 402 valence electrons. The fraction of sp³-hybridized carbons (Fsp3) is 0.190. The number of piperazine rings is 2. The van der Waals surface area contributed by atoms with Gasteiger partial charge in [0.25, 0.3) is 0 Å². The predicted octanol–water partition coefficient (Wildman–Crippen LogP) is 13.2. The Hall–Kier alpha value is -7.05. The lowest BCUT2D eigenvalue weighted by molar-refractivity contribution is 0.112. The number of hydrogen-bond donors (Lipinski definition) is 3. The summed E-state index contributed by atoms with van der Waals surface area (Å²) in [5.41, 5.74) is 8.77. The van der Waals surface area contributed by atoms with Gasteiger partial charge in [-0.15, -0.1) is 0 Å². The number of hydrogen-bond acceptors (Lipinski definition) is 11. The molecule has 0 radical (unpaired) electrons. The van der Waals surface area contributed by atoms with E-state index in [2.05, 4.69) is 62.7 Å². The highest BCUT2D eigenvalue weighted by molar-refractivity contribution is 6.41. The Labute approximate surface area is 487 Å². The molecule has 8 aromatic rings. The molecule has 2 fully saturated rings. The van der Waals surface area contributed by atoms with Gasteiger partial charge < -0.3 is 25.8 Å². The standard InChI is InChI=1S/C29H25Cl3N6O.C21H13Cl3N2O2.C8H12N4/c30-23-5-2-1-4-20(23)21-14-19(18-36-10-12-37(13-11-36)27-17-33-8-9-34-27)15-26-22(21)16-35-29(39)38(26)28-24(31)6-3-7-25(28)32;22-16-5-2-1-4-13(16)14-8-12(11-27)9-19-15(14)10-25-21(28)26(19)20-17(23)6-3-7-18(20)24;1-2-11-8(7-10-1)12-5-3-9-4-6-12/h1-9,14-15,17H,10-13,16,18H2,(H,35,39);1-9,11H,10H2,(H,25,28);1-2,7,9H,3-6H2. The fourth-order valence-electron chi connectivity index (χ4n) is 9.91. The van der Waals surface area contributed by atoms with Crippen LogP contribution < -0.4 is 35.6 Å². The summed E-state index contributed by atoms with van der Waals surface area (Å²) >= 11 is 39.0. The predicted molar refractivity (Wildman–Crippen MR) is 317 cm³/mol. The van der Waals surface area contributed by atoms with Gasteiger partial charge in [0.1, 0.15) is 17.9 Å². The Morgan fingerprint density at radius 2 is 0.949 bits per heavy atom. The summed E-state index contributed by atoms with van der Waals surface area (Å²) < 4.78 is 0. The van der Waals surface area contributed by atoms with E-state index in [9.17, 15) is 14.4 Å². The average molecular weight is 1180 g/mol. The van der Waals surface area contributed by atoms with Gasteiger partial charge in [0, 0.05) is 135 Å². The van der Waals surface area contributed by atoms with Gasteiger partial charge in [0.15, 0.2) is 0 Å². The first-order valence-electron chi connectivity index (χ1n) is 25.2. The highest BCUT2D eigenvalue weighted by atomic mass is 35.5. The van der Waals surface area contributed by atoms with Gasteiger partial charge in [-0.3, -0.25) is 29.5 Å². The highest BCUT2D eigenvalue weighted by Crippen LogP contribution is 2.47. The van der Waals surface area contributed by atoms with Crippen molar-refractivity contribution in [3.05, 3.63) is 199 Å². The molecule has 0 spiro atoms. The molecule has 4 aliphatic rings. The molecule has 4 amide bonds. The van der Waals surface area contributed by atoms with E-state index in [4.69, 9.17) is 69.6 Å². The number of anilines is 6. The SMILES string of the molecule is O=C1NCc2c(-c3ccccc3Cl)cc(CN3CCN(c4cnccn4)CC3)cc2N1c1c(Cl)cccc1Cl.O=Cc1cc(-c2ccccc2Cl)c2c(c1)N(c1c(Cl)cccc1Cl)C(=O)NC2.c1cnc(N2CCNCC2)cn1. The fourth-order valence-corrected chi connectivity index (χ4v) is 11.5. The molecule has 2 aromatic heterocycles. The Morgan fingerprint density at radius 3 is 1.42 bits per heavy atom. The third-order valence-electron chi connectivity index (χ3n) is 13.7. The van der Waals surface area contributed by atoms with E-state index < -0.39 is 0 Å². The lowest BCUT2D eigenvalue weighted by Crippen LogP contribution is -2.46. The van der Waals surface area contributed by atoms with Crippen LogP contribution in [-0.2, 0) is 19.6 Å². The third-order valence-corrected chi connectivity index (χ3v) is 15.6. The Bertz CT molecular complexity index is 3470. The first kappa shape index (κ1) is 55.3. The second kappa shape index (κ2) is 25.4. The van der Waals surface area contributed by atoms with Crippen LogP contribution in [0.4, 0.5) is 44.0 Å². The van der Waals surface area contributed by atoms with E-state index in [0.29, 0.717) is 65.9 Å². The van der Waals surface area contributed by atoms with Gasteiger partial charge in [0.2, 0.25) is 0 Å². The van der Waals surface area contributed by atoms with Crippen LogP contribution in [0.5, 0.6) is 0 Å². The second-order valence-electron chi connectivity index (χ2n) is 18.5. The number of urea groups is 2. The summed E-state index contributed by atoms with van der Waals surface area (Å²) in [5, 5.41) is 11.8. The number of para-hydroxylation sites is 2. The molecule has 0 atom stereocenters. The van der Waals surface area contributed by atoms with Crippen molar-refractivity contribution in [2.45, 2.75) is 19.6 Å². The normalized spacial score (nSPS) is 15.1. The smallest absolute Gasteiger partial charge is 0.326 e. The molecule has 0 saturated carbocycles. The van der Waals surface area contributed by atoms with E-state index >= 15 is 0 Å². The van der Waals surface area contributed by atoms with Crippen LogP contribution in [0.3, 0.4) is 0 Å². The zero-order valence-corrected chi connectivity index (χ0v) is 46.8. The first-order valence-corrected chi connectivity index (χ1v) is 27.5. The minimum absolute atomic E-state index is 0.280. The van der Waals surface area contributed by atoms with Gasteiger partial charge in [-0.2, -0.15) is 0 Å². The summed E-state index contributed by atoms with van der Waals surface area (Å²) in [6, 6.07) is 32.4. The van der Waals surface area contributed by atoms with Gasteiger partial charge in [-0.25, -0.2) is 19.6 Å². The topological polar surface area (TPSA) is 155 Å². The number of nitrogens with one attached hydrogen (secondary N) is 3. The van der Waals surface area contributed by atoms with Crippen molar-refractivity contribution >= 4 is 122 Å². The molecule has 12 rings (SSSR count). The Morgan fingerprint density at radius 1 is 0.494 bits per heavy atom. The van der Waals surface area contributed by atoms with Crippen molar-refractivity contribution < 1.29 is 14.4 Å². The van der Waals surface area contributed by atoms with E-state index in [1.165, 1.54) is 4.90 Å². The number of aldehydes is 1. The van der Waals surface area contributed by atoms with Crippen molar-refractivity contribution in [3.8, 4) is 22.3 Å². The number of nitrogens with zero attached hydrogens (tertiary/aromatic N) is 9. The lowest BCUT2D eigenvalue weighted by Gasteiger charge is -2.36. The molecule has 6 heterocycles. The molecule has 3 N–H and O–H groups in total. The molecular formula is C58H50Cl6N12O3. The molecule has 21 heteroatoms. The summed E-state index contributed by atoms with van der Waals surface area (Å²) in [4.78, 5) is 64.5. The molecule has 79 heavy (non-hydrogen) atoms. The number of aromatic nitrogens is 4. The van der Waals surface area contributed by atoms with Crippen LogP contribution in [0.2, 0.25) is 30.1 Å². The average Bonchev–Trinajstić information content (AvgIpc) is 3.55. The van der Waals surface area contributed by atoms with E-state index in [1.54, 1.807) is 90.5 Å². The summed E-state index contributed by atoms with van der Waals surface area (Å²) in [6.07, 6.45) is 11.2. The van der Waals surface area contributed by atoms with Crippen molar-refractivity contribution in [3.63, 3.8) is 0 Å². The van der Waals surface area contributed by atoms with Crippen LogP contribution in [-0.4, -0.2) is 95.5 Å². The summed E-state index contributed by atoms with van der Waals surface area (Å²) in [5.74, 6) is 1.88. The summed E-state index contributed by atoms with van der Waals surface area (Å²) in [6.45, 7) is 8.94. The van der Waals surface area contributed by atoms with Crippen molar-refractivity contribution in [1.82, 2.24) is 40.8 Å². The largest absolute Gasteiger partial charge is 0.353 e. The third kappa shape index (κ3) is 12.4. The summed E-state index contributed by atoms with van der Waals surface area (Å²) in [7, 11) is 0. The number of amides is 4. The van der Waals surface area contributed by atoms with Crippen LogP contribution in [0.15, 0.2) is 146 Å². The molecule has 2 saturated heterocycles. The maximum atomic E-state index is 13.3. The molecule has 4 aliphatic heterocycles. The Kier molecular flexibility index (Phi) is 17.8. The quantitative estimate of drug-likeness (QED) is 0.118. The number of carbonyl (C=O) groups is 3. The molecular weight excluding hydrogens is 1130 g/mol. The van der Waals surface area contributed by atoms with E-state index in [0.717, 1.165) is 115 Å². The monoisotopic (exact) mass is 1170 g/mol. The number of carbonyl (C=O) groups excluding carboxylic acids is 3. The maximum Gasteiger partial charge on any atom is 0.326 e. The lowest BCUT2D eigenvalue weighted by atomic mass is 9.93. The highest BCUT2D eigenvalue weighted by Gasteiger charge is 2.33. The van der Waals surface area contributed by atoms with E-state index in [-0.39, 0.29) is 18.6 Å². The van der Waals surface area contributed by atoms with Gasteiger partial charge >= 0.3 is 12.1 Å². The zero-order valence-electron chi connectivity index (χ0n) is 42.2. The number of fused-ring (bicyclic) bond motifs is 2.